The molecule has 1 aliphatic heterocycles. The summed E-state index contributed by atoms with van der Waals surface area (Å²) in [7, 11) is 0. The van der Waals surface area contributed by atoms with Crippen LogP contribution < -0.4 is 10.2 Å². The van der Waals surface area contributed by atoms with Crippen LogP contribution in [0.2, 0.25) is 0 Å². The third kappa shape index (κ3) is 6.60. The zero-order valence-corrected chi connectivity index (χ0v) is 18.3. The molecule has 0 bridgehead atoms. The monoisotopic (exact) mass is 457 g/mol. The average molecular weight is 458 g/mol. The first-order chi connectivity index (χ1) is 14.8. The van der Waals surface area contributed by atoms with Gasteiger partial charge in [0.15, 0.2) is 5.16 Å². The number of hydrogen-bond donors (Lipinski definition) is 1. The maximum atomic E-state index is 13.2. The van der Waals surface area contributed by atoms with E-state index in [9.17, 15) is 18.0 Å². The first-order valence-electron chi connectivity index (χ1n) is 10.1. The molecule has 0 spiro atoms. The van der Waals surface area contributed by atoms with Crippen molar-refractivity contribution in [3.63, 3.8) is 0 Å². The van der Waals surface area contributed by atoms with Gasteiger partial charge >= 0.3 is 6.18 Å². The molecular formula is C20H26F3N5O2S. The molecule has 0 aliphatic carbocycles. The Balaban J connectivity index is 1.64. The Bertz CT molecular complexity index is 867. The number of nitrogens with zero attached hydrogens (tertiary/aromatic N) is 4. The van der Waals surface area contributed by atoms with Gasteiger partial charge in [-0.2, -0.15) is 13.2 Å². The topological polar surface area (TPSA) is 72.3 Å². The number of carbonyl (C=O) groups excluding carboxylic acids is 1. The van der Waals surface area contributed by atoms with Crippen LogP contribution in [0.5, 0.6) is 0 Å². The lowest BCUT2D eigenvalue weighted by Gasteiger charge is -2.28. The van der Waals surface area contributed by atoms with Crippen LogP contribution in [0, 0.1) is 0 Å². The zero-order chi connectivity index (χ0) is 22.4. The highest BCUT2D eigenvalue weighted by atomic mass is 32.2. The van der Waals surface area contributed by atoms with Gasteiger partial charge in [0.05, 0.1) is 25.0 Å². The Kier molecular flexibility index (Phi) is 7.82. The van der Waals surface area contributed by atoms with Crippen molar-refractivity contribution in [1.29, 1.82) is 0 Å². The van der Waals surface area contributed by atoms with E-state index in [0.717, 1.165) is 28.3 Å². The van der Waals surface area contributed by atoms with Crippen molar-refractivity contribution in [2.24, 2.45) is 0 Å². The quantitative estimate of drug-likeness (QED) is 0.614. The van der Waals surface area contributed by atoms with Crippen LogP contribution in [0.15, 0.2) is 29.4 Å². The smallest absolute Gasteiger partial charge is 0.378 e. The number of rotatable bonds is 8. The third-order valence-corrected chi connectivity index (χ3v) is 5.89. The van der Waals surface area contributed by atoms with Gasteiger partial charge in [-0.05, 0) is 24.5 Å². The molecule has 31 heavy (non-hydrogen) atoms. The molecule has 1 aromatic carbocycles. The highest BCUT2D eigenvalue weighted by Gasteiger charge is 2.33. The molecule has 1 saturated heterocycles. The molecule has 7 nitrogen and oxygen atoms in total. The van der Waals surface area contributed by atoms with Gasteiger partial charge in [0.1, 0.15) is 6.54 Å². The minimum Gasteiger partial charge on any atom is -0.378 e. The van der Waals surface area contributed by atoms with Gasteiger partial charge in [0.25, 0.3) is 0 Å². The van der Waals surface area contributed by atoms with Crippen molar-refractivity contribution in [2.75, 3.05) is 37.0 Å². The SMILES string of the molecule is CCc1ccc(C(C)NC(=O)CSc2nnc(N3CCOCC3)n2CC(F)(F)F)cc1. The number of benzene rings is 1. The van der Waals surface area contributed by atoms with Gasteiger partial charge in [-0.25, -0.2) is 0 Å². The summed E-state index contributed by atoms with van der Waals surface area (Å²) >= 11 is 0.943. The molecule has 0 saturated carbocycles. The lowest BCUT2D eigenvalue weighted by atomic mass is 10.1. The maximum Gasteiger partial charge on any atom is 0.406 e. The van der Waals surface area contributed by atoms with E-state index in [1.165, 1.54) is 5.56 Å². The van der Waals surface area contributed by atoms with Gasteiger partial charge < -0.3 is 15.0 Å². The first kappa shape index (κ1) is 23.4. The number of aryl methyl sites for hydroxylation is 1. The molecule has 1 unspecified atom stereocenters. The largest absolute Gasteiger partial charge is 0.406 e. The molecular weight excluding hydrogens is 431 g/mol. The van der Waals surface area contributed by atoms with E-state index < -0.39 is 12.7 Å². The summed E-state index contributed by atoms with van der Waals surface area (Å²) < 4.78 is 45.7. The molecule has 1 N–H and O–H groups in total. The summed E-state index contributed by atoms with van der Waals surface area (Å²) in [4.78, 5) is 14.1. The highest BCUT2D eigenvalue weighted by Crippen LogP contribution is 2.28. The van der Waals surface area contributed by atoms with Gasteiger partial charge in [-0.1, -0.05) is 43.0 Å². The second-order valence-electron chi connectivity index (χ2n) is 7.26. The number of carbonyl (C=O) groups is 1. The maximum absolute atomic E-state index is 13.2. The molecule has 2 aromatic rings. The van der Waals surface area contributed by atoms with E-state index in [4.69, 9.17) is 4.74 Å². The number of ether oxygens (including phenoxy) is 1. The second-order valence-corrected chi connectivity index (χ2v) is 8.20. The normalized spacial score (nSPS) is 15.7. The second kappa shape index (κ2) is 10.4. The molecule has 3 rings (SSSR count). The van der Waals surface area contributed by atoms with Crippen LogP contribution in [0.3, 0.4) is 0 Å². The number of anilines is 1. The number of hydrogen-bond acceptors (Lipinski definition) is 6. The van der Waals surface area contributed by atoms with Crippen LogP contribution in [-0.4, -0.2) is 58.9 Å². The number of amides is 1. The van der Waals surface area contributed by atoms with Gasteiger partial charge in [0, 0.05) is 13.1 Å². The number of nitrogens with one attached hydrogen (secondary N) is 1. The van der Waals surface area contributed by atoms with Gasteiger partial charge in [-0.3, -0.25) is 9.36 Å². The standard InChI is InChI=1S/C20H26F3N5O2S/c1-3-15-4-6-16(7-5-15)14(2)24-17(29)12-31-19-26-25-18(27-8-10-30-11-9-27)28(19)13-20(21,22)23/h4-7,14H,3,8-13H2,1-2H3,(H,24,29). The summed E-state index contributed by atoms with van der Waals surface area (Å²) in [6, 6.07) is 7.74. The molecule has 1 aromatic heterocycles. The molecule has 0 radical (unpaired) electrons. The van der Waals surface area contributed by atoms with Crippen LogP contribution in [-0.2, 0) is 22.5 Å². The molecule has 1 fully saturated rings. The fourth-order valence-corrected chi connectivity index (χ4v) is 3.99. The van der Waals surface area contributed by atoms with Crippen molar-refractivity contribution >= 4 is 23.6 Å². The third-order valence-electron chi connectivity index (χ3n) is 4.93. The van der Waals surface area contributed by atoms with Crippen molar-refractivity contribution < 1.29 is 22.7 Å². The van der Waals surface area contributed by atoms with Crippen molar-refractivity contribution in [2.45, 2.75) is 44.2 Å². The van der Waals surface area contributed by atoms with Gasteiger partial charge in [0.2, 0.25) is 11.9 Å². The lowest BCUT2D eigenvalue weighted by molar-refractivity contribution is -0.141. The molecule has 11 heteroatoms. The lowest BCUT2D eigenvalue weighted by Crippen LogP contribution is -2.38. The summed E-state index contributed by atoms with van der Waals surface area (Å²) in [5.41, 5.74) is 2.17. The number of alkyl halides is 3. The fraction of sp³-hybridized carbons (Fsp3) is 0.550. The molecule has 1 aliphatic rings. The van der Waals surface area contributed by atoms with E-state index >= 15 is 0 Å². The average Bonchev–Trinajstić information content (AvgIpc) is 3.13. The minimum atomic E-state index is -4.43. The van der Waals surface area contributed by atoms with E-state index in [-0.39, 0.29) is 28.8 Å². The summed E-state index contributed by atoms with van der Waals surface area (Å²) in [6.45, 7) is 4.44. The van der Waals surface area contributed by atoms with E-state index in [2.05, 4.69) is 22.4 Å². The van der Waals surface area contributed by atoms with E-state index in [0.29, 0.717) is 26.3 Å². The van der Waals surface area contributed by atoms with Crippen molar-refractivity contribution in [3.8, 4) is 0 Å². The van der Waals surface area contributed by atoms with Crippen LogP contribution in [0.4, 0.5) is 19.1 Å². The van der Waals surface area contributed by atoms with Crippen molar-refractivity contribution in [3.05, 3.63) is 35.4 Å². The molecule has 1 atom stereocenters. The number of thioether (sulfide) groups is 1. The van der Waals surface area contributed by atoms with Crippen LogP contribution in [0.1, 0.15) is 31.0 Å². The summed E-state index contributed by atoms with van der Waals surface area (Å²) in [5, 5.41) is 10.8. The molecule has 2 heterocycles. The number of aromatic nitrogens is 3. The van der Waals surface area contributed by atoms with Gasteiger partial charge in [-0.15, -0.1) is 10.2 Å². The predicted octanol–water partition coefficient (Wildman–Crippen LogP) is 3.21. The Morgan fingerprint density at radius 3 is 2.52 bits per heavy atom. The highest BCUT2D eigenvalue weighted by molar-refractivity contribution is 7.99. The molecule has 1 amide bonds. The summed E-state index contributed by atoms with van der Waals surface area (Å²) in [5.74, 6) is -0.198. The predicted molar refractivity (Wildman–Crippen MR) is 112 cm³/mol. The minimum absolute atomic E-state index is 0.0590. The van der Waals surface area contributed by atoms with Crippen LogP contribution in [0.25, 0.3) is 0 Å². The molecule has 170 valence electrons. The Morgan fingerprint density at radius 1 is 1.23 bits per heavy atom. The number of halogens is 3. The Hall–Kier alpha value is -2.27. The first-order valence-corrected chi connectivity index (χ1v) is 11.1. The van der Waals surface area contributed by atoms with E-state index in [1.807, 2.05) is 31.2 Å². The Labute approximate surface area is 183 Å². The zero-order valence-electron chi connectivity index (χ0n) is 17.5. The van der Waals surface area contributed by atoms with Crippen molar-refractivity contribution in [1.82, 2.24) is 20.1 Å². The summed E-state index contributed by atoms with van der Waals surface area (Å²) in [6.07, 6.45) is -3.50. The van der Waals surface area contributed by atoms with E-state index in [1.54, 1.807) is 4.90 Å². The van der Waals surface area contributed by atoms with Crippen LogP contribution >= 0.6 is 11.8 Å². The Morgan fingerprint density at radius 2 is 1.90 bits per heavy atom. The fourth-order valence-electron chi connectivity index (χ4n) is 3.24. The number of morpholine rings is 1.